The fraction of sp³-hybridized carbons (Fsp3) is 0.385. The molecule has 2 N–H and O–H groups in total. The highest BCUT2D eigenvalue weighted by Crippen LogP contribution is 2.41. The number of ketones is 1. The molecule has 176 valence electrons. The molecule has 1 unspecified atom stereocenters. The fourth-order valence-electron chi connectivity index (χ4n) is 3.89. The van der Waals surface area contributed by atoms with Gasteiger partial charge in [-0.05, 0) is 75.3 Å². The highest BCUT2D eigenvalue weighted by molar-refractivity contribution is 6.46. The van der Waals surface area contributed by atoms with E-state index in [1.165, 1.54) is 4.90 Å². The Morgan fingerprint density at radius 3 is 2.48 bits per heavy atom. The van der Waals surface area contributed by atoms with Gasteiger partial charge in [-0.2, -0.15) is 0 Å². The normalized spacial score (nSPS) is 17.8. The monoisotopic (exact) mass is 452 g/mol. The van der Waals surface area contributed by atoms with E-state index < -0.39 is 17.7 Å². The average molecular weight is 453 g/mol. The van der Waals surface area contributed by atoms with Crippen LogP contribution in [-0.4, -0.2) is 65.5 Å². The Kier molecular flexibility index (Phi) is 7.43. The second kappa shape index (κ2) is 10.1. The van der Waals surface area contributed by atoms with E-state index >= 15 is 0 Å². The molecule has 2 aromatic rings. The van der Waals surface area contributed by atoms with Gasteiger partial charge in [0.05, 0.1) is 23.8 Å². The molecule has 0 aliphatic carbocycles. The van der Waals surface area contributed by atoms with Crippen molar-refractivity contribution in [3.63, 3.8) is 0 Å². The minimum atomic E-state index is -0.795. The number of aromatic hydroxyl groups is 1. The van der Waals surface area contributed by atoms with Crippen LogP contribution in [0.4, 0.5) is 0 Å². The lowest BCUT2D eigenvalue weighted by Gasteiger charge is -2.27. The zero-order valence-electron chi connectivity index (χ0n) is 19.9. The van der Waals surface area contributed by atoms with Crippen molar-refractivity contribution in [2.45, 2.75) is 33.2 Å². The molecular formula is C26H32N2O5. The molecule has 1 saturated heterocycles. The second-order valence-corrected chi connectivity index (χ2v) is 8.67. The molecule has 33 heavy (non-hydrogen) atoms. The Morgan fingerprint density at radius 1 is 1.12 bits per heavy atom. The Labute approximate surface area is 194 Å². The molecular weight excluding hydrogens is 420 g/mol. The molecule has 0 radical (unpaired) electrons. The van der Waals surface area contributed by atoms with Gasteiger partial charge in [0.15, 0.2) is 0 Å². The zero-order valence-corrected chi connectivity index (χ0v) is 19.9. The Hall–Kier alpha value is -3.32. The Balaban J connectivity index is 2.18. The standard InChI is InChI=1S/C26H32N2O5/c1-6-12-33-19-9-7-8-18(15-19)23-22(25(31)26(32)28(23)11-10-27(4)5)24(30)20-13-16(2)17(3)14-21(20)29/h7-9,13-15,23,29-30H,6,10-12H2,1-5H3/b24-22+. The van der Waals surface area contributed by atoms with Crippen LogP contribution in [0, 0.1) is 13.8 Å². The summed E-state index contributed by atoms with van der Waals surface area (Å²) in [6, 6.07) is 9.61. The van der Waals surface area contributed by atoms with Crippen LogP contribution in [0.25, 0.3) is 5.76 Å². The minimum Gasteiger partial charge on any atom is -0.507 e. The van der Waals surface area contributed by atoms with Gasteiger partial charge in [-0.15, -0.1) is 0 Å². The van der Waals surface area contributed by atoms with Crippen LogP contribution in [0.1, 0.15) is 41.6 Å². The van der Waals surface area contributed by atoms with Gasteiger partial charge in [-0.1, -0.05) is 19.1 Å². The van der Waals surface area contributed by atoms with E-state index in [0.29, 0.717) is 31.0 Å². The maximum absolute atomic E-state index is 13.1. The summed E-state index contributed by atoms with van der Waals surface area (Å²) in [6.07, 6.45) is 0.845. The number of likely N-dealkylation sites (tertiary alicyclic amines) is 1. The first-order valence-electron chi connectivity index (χ1n) is 11.1. The fourth-order valence-corrected chi connectivity index (χ4v) is 3.89. The van der Waals surface area contributed by atoms with E-state index in [4.69, 9.17) is 4.74 Å². The molecule has 0 aromatic heterocycles. The topological polar surface area (TPSA) is 90.3 Å². The molecule has 0 saturated carbocycles. The number of rotatable bonds is 8. The van der Waals surface area contributed by atoms with Gasteiger partial charge in [0.1, 0.15) is 17.3 Å². The molecule has 1 amide bonds. The van der Waals surface area contributed by atoms with E-state index in [1.54, 1.807) is 24.3 Å². The average Bonchev–Trinajstić information content (AvgIpc) is 3.03. The summed E-state index contributed by atoms with van der Waals surface area (Å²) in [5, 5.41) is 21.7. The lowest BCUT2D eigenvalue weighted by molar-refractivity contribution is -0.140. The highest BCUT2D eigenvalue weighted by atomic mass is 16.5. The minimum absolute atomic E-state index is 0.0371. The number of amides is 1. The number of hydrogen-bond donors (Lipinski definition) is 2. The number of carbonyl (C=O) groups is 2. The van der Waals surface area contributed by atoms with Gasteiger partial charge in [-0.25, -0.2) is 0 Å². The first kappa shape index (κ1) is 24.3. The molecule has 2 aromatic carbocycles. The first-order valence-corrected chi connectivity index (χ1v) is 11.1. The van der Waals surface area contributed by atoms with Gasteiger partial charge in [0.2, 0.25) is 0 Å². The third kappa shape index (κ3) is 5.03. The van der Waals surface area contributed by atoms with Crippen LogP contribution in [0.5, 0.6) is 11.5 Å². The summed E-state index contributed by atoms with van der Waals surface area (Å²) >= 11 is 0. The number of benzene rings is 2. The summed E-state index contributed by atoms with van der Waals surface area (Å²) in [6.45, 7) is 7.10. The zero-order chi connectivity index (χ0) is 24.3. The summed E-state index contributed by atoms with van der Waals surface area (Å²) in [7, 11) is 3.77. The van der Waals surface area contributed by atoms with E-state index in [9.17, 15) is 19.8 Å². The maximum Gasteiger partial charge on any atom is 0.295 e. The smallest absolute Gasteiger partial charge is 0.295 e. The SMILES string of the molecule is CCCOc1cccc(C2/C(=C(\O)c3cc(C)c(C)cc3O)C(=O)C(=O)N2CCN(C)C)c1. The number of nitrogens with zero attached hydrogens (tertiary/aromatic N) is 2. The number of aliphatic hydroxyl groups is 1. The number of aliphatic hydroxyl groups excluding tert-OH is 1. The van der Waals surface area contributed by atoms with Crippen LogP contribution >= 0.6 is 0 Å². The van der Waals surface area contributed by atoms with Crippen LogP contribution in [0.15, 0.2) is 42.0 Å². The van der Waals surface area contributed by atoms with Gasteiger partial charge >= 0.3 is 0 Å². The molecule has 0 spiro atoms. The third-order valence-electron chi connectivity index (χ3n) is 5.84. The van der Waals surface area contributed by atoms with Crippen molar-refractivity contribution in [3.05, 3.63) is 64.2 Å². The summed E-state index contributed by atoms with van der Waals surface area (Å²) in [4.78, 5) is 29.6. The molecule has 0 bridgehead atoms. The highest BCUT2D eigenvalue weighted by Gasteiger charge is 2.46. The number of phenolic OH excluding ortho intramolecular Hbond substituents is 1. The lowest BCUT2D eigenvalue weighted by atomic mass is 9.93. The quantitative estimate of drug-likeness (QED) is 0.360. The molecule has 3 rings (SSSR count). The van der Waals surface area contributed by atoms with Crippen molar-refractivity contribution < 1.29 is 24.5 Å². The molecule has 1 aliphatic heterocycles. The van der Waals surface area contributed by atoms with Crippen molar-refractivity contribution in [1.82, 2.24) is 9.80 Å². The molecule has 1 heterocycles. The van der Waals surface area contributed by atoms with Crippen LogP contribution in [-0.2, 0) is 9.59 Å². The van der Waals surface area contributed by atoms with E-state index in [1.807, 2.05) is 51.9 Å². The van der Waals surface area contributed by atoms with E-state index in [2.05, 4.69) is 0 Å². The van der Waals surface area contributed by atoms with E-state index in [0.717, 1.165) is 17.5 Å². The summed E-state index contributed by atoms with van der Waals surface area (Å²) in [5.41, 5.74) is 2.46. The number of likely N-dealkylation sites (N-methyl/N-ethyl adjacent to an activating group) is 1. The van der Waals surface area contributed by atoms with Crippen molar-refractivity contribution in [2.24, 2.45) is 0 Å². The van der Waals surface area contributed by atoms with Crippen LogP contribution < -0.4 is 4.74 Å². The molecule has 7 heteroatoms. The first-order chi connectivity index (χ1) is 15.6. The molecule has 1 atom stereocenters. The number of ether oxygens (including phenoxy) is 1. The Bertz CT molecular complexity index is 1090. The van der Waals surface area contributed by atoms with Crippen molar-refractivity contribution in [1.29, 1.82) is 0 Å². The number of Topliss-reactive ketones (excluding diaryl/α,β-unsaturated/α-hetero) is 1. The molecule has 7 nitrogen and oxygen atoms in total. The number of hydrogen-bond acceptors (Lipinski definition) is 6. The largest absolute Gasteiger partial charge is 0.507 e. The van der Waals surface area contributed by atoms with Gasteiger partial charge < -0.3 is 24.7 Å². The predicted octanol–water partition coefficient (Wildman–Crippen LogP) is 3.78. The van der Waals surface area contributed by atoms with Crippen molar-refractivity contribution in [3.8, 4) is 11.5 Å². The summed E-state index contributed by atoms with van der Waals surface area (Å²) in [5.74, 6) is -1.35. The number of carbonyl (C=O) groups excluding carboxylic acids is 2. The van der Waals surface area contributed by atoms with Gasteiger partial charge in [0.25, 0.3) is 11.7 Å². The van der Waals surface area contributed by atoms with Crippen molar-refractivity contribution in [2.75, 3.05) is 33.8 Å². The second-order valence-electron chi connectivity index (χ2n) is 8.67. The molecule has 1 aliphatic rings. The predicted molar refractivity (Wildman–Crippen MR) is 127 cm³/mol. The van der Waals surface area contributed by atoms with Crippen LogP contribution in [0.2, 0.25) is 0 Å². The number of phenols is 1. The maximum atomic E-state index is 13.1. The van der Waals surface area contributed by atoms with Gasteiger partial charge in [-0.3, -0.25) is 9.59 Å². The van der Waals surface area contributed by atoms with Gasteiger partial charge in [0, 0.05) is 13.1 Å². The van der Waals surface area contributed by atoms with E-state index in [-0.39, 0.29) is 22.6 Å². The lowest BCUT2D eigenvalue weighted by Crippen LogP contribution is -2.35. The van der Waals surface area contributed by atoms with Crippen molar-refractivity contribution >= 4 is 17.4 Å². The third-order valence-corrected chi connectivity index (χ3v) is 5.84. The summed E-state index contributed by atoms with van der Waals surface area (Å²) < 4.78 is 5.76. The Morgan fingerprint density at radius 2 is 1.82 bits per heavy atom. The van der Waals surface area contributed by atoms with Crippen LogP contribution in [0.3, 0.4) is 0 Å². The number of aryl methyl sites for hydroxylation is 2. The molecule has 1 fully saturated rings.